The van der Waals surface area contributed by atoms with Crippen molar-refractivity contribution in [3.8, 4) is 9.88 Å². The fraction of sp³-hybridized carbons (Fsp3) is 0.250. The summed E-state index contributed by atoms with van der Waals surface area (Å²) in [6.45, 7) is 2.13. The molecule has 2 aromatic rings. The number of hydrogen-bond donors (Lipinski definition) is 0. The van der Waals surface area contributed by atoms with E-state index in [0.717, 1.165) is 11.4 Å². The van der Waals surface area contributed by atoms with Crippen LogP contribution in [0.25, 0.3) is 9.88 Å². The first kappa shape index (κ1) is 9.12. The Labute approximate surface area is 89.4 Å². The zero-order valence-corrected chi connectivity index (χ0v) is 9.34. The van der Waals surface area contributed by atoms with Crippen molar-refractivity contribution in [2.45, 2.75) is 13.3 Å². The first-order valence-electron chi connectivity index (χ1n) is 3.87. The van der Waals surface area contributed by atoms with Gasteiger partial charge in [0.2, 0.25) is 5.28 Å². The molecular weight excluding hydrogens is 224 g/mol. The lowest BCUT2D eigenvalue weighted by Gasteiger charge is -1.93. The van der Waals surface area contributed by atoms with Crippen LogP contribution in [0, 0.1) is 0 Å². The van der Waals surface area contributed by atoms with Crippen molar-refractivity contribution >= 4 is 34.5 Å². The molecule has 0 aliphatic carbocycles. The summed E-state index contributed by atoms with van der Waals surface area (Å²) in [4.78, 5) is 5.35. The summed E-state index contributed by atoms with van der Waals surface area (Å²) in [5.41, 5.74) is 1.32. The van der Waals surface area contributed by atoms with Gasteiger partial charge in [-0.3, -0.25) is 0 Å². The highest BCUT2D eigenvalue weighted by molar-refractivity contribution is 7.18. The predicted molar refractivity (Wildman–Crippen MR) is 57.6 cm³/mol. The van der Waals surface area contributed by atoms with Gasteiger partial charge in [0.05, 0.1) is 4.88 Å². The Morgan fingerprint density at radius 3 is 3.00 bits per heavy atom. The van der Waals surface area contributed by atoms with Gasteiger partial charge in [0.25, 0.3) is 0 Å². The molecule has 0 radical (unpaired) electrons. The molecule has 0 aliphatic heterocycles. The minimum absolute atomic E-state index is 0.343. The minimum atomic E-state index is 0.343. The summed E-state index contributed by atoms with van der Waals surface area (Å²) in [6, 6.07) is 2.12. The third kappa shape index (κ3) is 1.75. The summed E-state index contributed by atoms with van der Waals surface area (Å²) >= 11 is 8.71. The summed E-state index contributed by atoms with van der Waals surface area (Å²) in [6.07, 6.45) is 1.02. The zero-order valence-electron chi connectivity index (χ0n) is 6.95. The third-order valence-electron chi connectivity index (χ3n) is 1.72. The molecule has 0 bridgehead atoms. The van der Waals surface area contributed by atoms with Crippen LogP contribution in [0.5, 0.6) is 0 Å². The number of nitrogens with zero attached hydrogens (tertiary/aromatic N) is 2. The Morgan fingerprint density at radius 2 is 2.38 bits per heavy atom. The molecule has 2 nitrogen and oxygen atoms in total. The molecule has 0 N–H and O–H groups in total. The van der Waals surface area contributed by atoms with Gasteiger partial charge in [-0.1, -0.05) is 6.92 Å². The second-order valence-corrected chi connectivity index (χ2v) is 4.50. The number of thiophene rings is 1. The number of rotatable bonds is 2. The molecule has 0 aliphatic rings. The lowest BCUT2D eigenvalue weighted by molar-refractivity contribution is 1.15. The average molecular weight is 231 g/mol. The molecule has 2 rings (SSSR count). The highest BCUT2D eigenvalue weighted by atomic mass is 35.5. The lowest BCUT2D eigenvalue weighted by Crippen LogP contribution is -1.78. The summed E-state index contributed by atoms with van der Waals surface area (Å²) in [5, 5.41) is 3.34. The molecule has 0 amide bonds. The molecule has 0 atom stereocenters. The monoisotopic (exact) mass is 230 g/mol. The van der Waals surface area contributed by atoms with Gasteiger partial charge in [-0.05, 0) is 46.6 Å². The van der Waals surface area contributed by atoms with Crippen LogP contribution in [0.1, 0.15) is 12.5 Å². The number of aryl methyl sites for hydroxylation is 1. The Kier molecular flexibility index (Phi) is 2.62. The van der Waals surface area contributed by atoms with E-state index in [4.69, 9.17) is 11.6 Å². The highest BCUT2D eigenvalue weighted by Crippen LogP contribution is 2.31. The molecule has 0 aromatic carbocycles. The highest BCUT2D eigenvalue weighted by Gasteiger charge is 2.09. The van der Waals surface area contributed by atoms with E-state index >= 15 is 0 Å². The van der Waals surface area contributed by atoms with Gasteiger partial charge in [-0.2, -0.15) is 4.37 Å². The number of hydrogen-bond acceptors (Lipinski definition) is 4. The van der Waals surface area contributed by atoms with Crippen molar-refractivity contribution in [1.29, 1.82) is 0 Å². The van der Waals surface area contributed by atoms with Gasteiger partial charge in [-0.25, -0.2) is 4.98 Å². The Balaban J connectivity index is 2.45. The van der Waals surface area contributed by atoms with E-state index in [1.807, 2.05) is 0 Å². The first-order chi connectivity index (χ1) is 6.31. The van der Waals surface area contributed by atoms with Crippen LogP contribution in [0.3, 0.4) is 0 Å². The van der Waals surface area contributed by atoms with Crippen LogP contribution in [0.2, 0.25) is 5.28 Å². The number of halogens is 1. The van der Waals surface area contributed by atoms with Gasteiger partial charge in [0.1, 0.15) is 0 Å². The largest absolute Gasteiger partial charge is 0.234 e. The molecule has 0 unspecified atom stereocenters. The lowest BCUT2D eigenvalue weighted by atomic mass is 10.2. The van der Waals surface area contributed by atoms with Crippen molar-refractivity contribution in [2.75, 3.05) is 0 Å². The first-order valence-corrected chi connectivity index (χ1v) is 5.90. The molecule has 0 fully saturated rings. The van der Waals surface area contributed by atoms with Gasteiger partial charge in [0, 0.05) is 0 Å². The minimum Gasteiger partial charge on any atom is -0.204 e. The Morgan fingerprint density at radius 1 is 1.54 bits per heavy atom. The Hall–Kier alpha value is -0.450. The topological polar surface area (TPSA) is 25.8 Å². The molecule has 0 saturated carbocycles. The van der Waals surface area contributed by atoms with Crippen LogP contribution >= 0.6 is 34.5 Å². The normalized spacial score (nSPS) is 10.6. The van der Waals surface area contributed by atoms with E-state index in [1.54, 1.807) is 11.3 Å². The van der Waals surface area contributed by atoms with Gasteiger partial charge in [0.15, 0.2) is 5.01 Å². The van der Waals surface area contributed by atoms with E-state index in [0.29, 0.717) is 5.28 Å². The molecule has 2 heterocycles. The summed E-state index contributed by atoms with van der Waals surface area (Å²) < 4.78 is 3.95. The Bertz CT molecular complexity index is 408. The summed E-state index contributed by atoms with van der Waals surface area (Å²) in [5.74, 6) is 0. The number of aromatic nitrogens is 2. The van der Waals surface area contributed by atoms with Crippen LogP contribution in [-0.4, -0.2) is 9.36 Å². The van der Waals surface area contributed by atoms with E-state index in [-0.39, 0.29) is 0 Å². The molecule has 68 valence electrons. The average Bonchev–Trinajstić information content (AvgIpc) is 2.71. The fourth-order valence-electron chi connectivity index (χ4n) is 1.10. The van der Waals surface area contributed by atoms with Crippen LogP contribution in [0.4, 0.5) is 0 Å². The SMILES string of the molecule is CCc1ccsc1-c1nc(Cl)ns1. The maximum Gasteiger partial charge on any atom is 0.234 e. The van der Waals surface area contributed by atoms with Crippen molar-refractivity contribution in [3.05, 3.63) is 22.3 Å². The second-order valence-electron chi connectivity index (χ2n) is 2.50. The van der Waals surface area contributed by atoms with Gasteiger partial charge >= 0.3 is 0 Å². The summed E-state index contributed by atoms with van der Waals surface area (Å²) in [7, 11) is 0. The predicted octanol–water partition coefficient (Wildman–Crippen LogP) is 3.48. The van der Waals surface area contributed by atoms with E-state index in [2.05, 4.69) is 27.7 Å². The van der Waals surface area contributed by atoms with Crippen molar-refractivity contribution in [1.82, 2.24) is 9.36 Å². The molecule has 5 heteroatoms. The van der Waals surface area contributed by atoms with E-state index in [9.17, 15) is 0 Å². The van der Waals surface area contributed by atoms with Crippen LogP contribution < -0.4 is 0 Å². The van der Waals surface area contributed by atoms with Gasteiger partial charge < -0.3 is 0 Å². The van der Waals surface area contributed by atoms with E-state index < -0.39 is 0 Å². The maximum absolute atomic E-state index is 5.67. The van der Waals surface area contributed by atoms with Crippen LogP contribution in [0.15, 0.2) is 11.4 Å². The standard InChI is InChI=1S/C8H7ClN2S2/c1-2-5-3-4-12-6(5)7-10-8(9)11-13-7/h3-4H,2H2,1H3. The third-order valence-corrected chi connectivity index (χ3v) is 3.82. The molecular formula is C8H7ClN2S2. The molecule has 0 spiro atoms. The zero-order chi connectivity index (χ0) is 9.26. The molecule has 0 saturated heterocycles. The van der Waals surface area contributed by atoms with Gasteiger partial charge in [-0.15, -0.1) is 11.3 Å². The second kappa shape index (κ2) is 3.74. The smallest absolute Gasteiger partial charge is 0.204 e. The quantitative estimate of drug-likeness (QED) is 0.790. The molecule has 2 aromatic heterocycles. The molecule has 13 heavy (non-hydrogen) atoms. The van der Waals surface area contributed by atoms with Crippen molar-refractivity contribution in [2.24, 2.45) is 0 Å². The van der Waals surface area contributed by atoms with Crippen molar-refractivity contribution in [3.63, 3.8) is 0 Å². The fourth-order valence-corrected chi connectivity index (χ4v) is 3.02. The van der Waals surface area contributed by atoms with Crippen LogP contribution in [-0.2, 0) is 6.42 Å². The maximum atomic E-state index is 5.67. The van der Waals surface area contributed by atoms with Crippen molar-refractivity contribution < 1.29 is 0 Å². The van der Waals surface area contributed by atoms with E-state index in [1.165, 1.54) is 22.0 Å².